The Labute approximate surface area is 111 Å². The van der Waals surface area contributed by atoms with E-state index in [0.29, 0.717) is 6.04 Å². The summed E-state index contributed by atoms with van der Waals surface area (Å²) in [6.07, 6.45) is 0. The second-order valence-corrected chi connectivity index (χ2v) is 5.85. The Balaban J connectivity index is 1.84. The maximum absolute atomic E-state index is 13.1. The van der Waals surface area contributed by atoms with Gasteiger partial charge in [0.05, 0.1) is 0 Å². The largest absolute Gasteiger partial charge is 0.313 e. The first-order valence-electron chi connectivity index (χ1n) is 6.27. The number of benzene rings is 1. The van der Waals surface area contributed by atoms with Gasteiger partial charge in [0.25, 0.3) is 0 Å². The molecular formula is C14H19FN2S. The minimum absolute atomic E-state index is 0.166. The number of nitrogens with one attached hydrogen (secondary N) is 2. The Hall–Kier alpha value is -0.970. The summed E-state index contributed by atoms with van der Waals surface area (Å²) in [5.41, 5.74) is 0. The molecule has 1 heterocycles. The van der Waals surface area contributed by atoms with E-state index in [2.05, 4.69) is 30.5 Å². The number of rotatable bonds is 6. The van der Waals surface area contributed by atoms with Crippen LogP contribution in [0, 0.1) is 5.82 Å². The molecule has 0 bridgehead atoms. The lowest BCUT2D eigenvalue weighted by Gasteiger charge is -2.08. The predicted molar refractivity (Wildman–Crippen MR) is 76.6 cm³/mol. The molecule has 0 amide bonds. The van der Waals surface area contributed by atoms with Crippen molar-refractivity contribution in [3.8, 4) is 0 Å². The van der Waals surface area contributed by atoms with E-state index >= 15 is 0 Å². The van der Waals surface area contributed by atoms with Crippen LogP contribution in [0.2, 0.25) is 0 Å². The topological polar surface area (TPSA) is 24.1 Å². The number of hydrogen-bond acceptors (Lipinski definition) is 3. The highest BCUT2D eigenvalue weighted by Crippen LogP contribution is 2.25. The summed E-state index contributed by atoms with van der Waals surface area (Å²) in [4.78, 5) is 1.25. The van der Waals surface area contributed by atoms with Crippen LogP contribution >= 0.6 is 11.3 Å². The first kappa shape index (κ1) is 13.5. The zero-order valence-corrected chi connectivity index (χ0v) is 11.6. The summed E-state index contributed by atoms with van der Waals surface area (Å²) >= 11 is 1.72. The number of thiophene rings is 1. The van der Waals surface area contributed by atoms with Gasteiger partial charge in [0.15, 0.2) is 0 Å². The highest BCUT2D eigenvalue weighted by Gasteiger charge is 2.02. The van der Waals surface area contributed by atoms with Crippen molar-refractivity contribution in [3.05, 3.63) is 35.0 Å². The SMILES string of the molecule is CC(C)NCCNCc1cc2cc(F)ccc2s1. The second-order valence-electron chi connectivity index (χ2n) is 4.68. The Bertz CT molecular complexity index is 507. The maximum atomic E-state index is 13.1. The Kier molecular flexibility index (Phi) is 4.69. The molecule has 0 radical (unpaired) electrons. The van der Waals surface area contributed by atoms with Gasteiger partial charge in [-0.2, -0.15) is 0 Å². The summed E-state index contributed by atoms with van der Waals surface area (Å²) < 4.78 is 14.2. The average molecular weight is 266 g/mol. The van der Waals surface area contributed by atoms with Gasteiger partial charge >= 0.3 is 0 Å². The lowest BCUT2D eigenvalue weighted by molar-refractivity contribution is 0.557. The van der Waals surface area contributed by atoms with E-state index in [9.17, 15) is 4.39 Å². The van der Waals surface area contributed by atoms with Crippen LogP contribution in [0.4, 0.5) is 4.39 Å². The van der Waals surface area contributed by atoms with Crippen molar-refractivity contribution in [2.24, 2.45) is 0 Å². The van der Waals surface area contributed by atoms with E-state index in [4.69, 9.17) is 0 Å². The first-order valence-corrected chi connectivity index (χ1v) is 7.09. The van der Waals surface area contributed by atoms with E-state index in [1.807, 2.05) is 6.07 Å². The van der Waals surface area contributed by atoms with Crippen LogP contribution < -0.4 is 10.6 Å². The molecule has 0 saturated carbocycles. The molecule has 0 spiro atoms. The lowest BCUT2D eigenvalue weighted by atomic mass is 10.2. The maximum Gasteiger partial charge on any atom is 0.123 e. The molecule has 0 aliphatic rings. The van der Waals surface area contributed by atoms with Crippen molar-refractivity contribution in [1.29, 1.82) is 0 Å². The van der Waals surface area contributed by atoms with Gasteiger partial charge in [-0.3, -0.25) is 0 Å². The average Bonchev–Trinajstić information content (AvgIpc) is 2.70. The Morgan fingerprint density at radius 1 is 1.22 bits per heavy atom. The van der Waals surface area contributed by atoms with Crippen molar-refractivity contribution in [1.82, 2.24) is 10.6 Å². The summed E-state index contributed by atoms with van der Waals surface area (Å²) in [6, 6.07) is 7.54. The fourth-order valence-electron chi connectivity index (χ4n) is 1.82. The minimum atomic E-state index is -0.166. The van der Waals surface area contributed by atoms with Crippen LogP contribution in [0.5, 0.6) is 0 Å². The highest BCUT2D eigenvalue weighted by atomic mass is 32.1. The van der Waals surface area contributed by atoms with Gasteiger partial charge in [0.1, 0.15) is 5.82 Å². The fourth-order valence-corrected chi connectivity index (χ4v) is 2.83. The zero-order chi connectivity index (χ0) is 13.0. The van der Waals surface area contributed by atoms with Crippen LogP contribution in [0.1, 0.15) is 18.7 Å². The third-order valence-electron chi connectivity index (χ3n) is 2.68. The van der Waals surface area contributed by atoms with Crippen molar-refractivity contribution < 1.29 is 4.39 Å². The molecule has 18 heavy (non-hydrogen) atoms. The quantitative estimate of drug-likeness (QED) is 0.785. The fraction of sp³-hybridized carbons (Fsp3) is 0.429. The summed E-state index contributed by atoms with van der Waals surface area (Å²) in [6.45, 7) is 7.04. The molecular weight excluding hydrogens is 247 g/mol. The van der Waals surface area contributed by atoms with E-state index < -0.39 is 0 Å². The third kappa shape index (κ3) is 3.77. The van der Waals surface area contributed by atoms with Crippen LogP contribution in [0.25, 0.3) is 10.1 Å². The van der Waals surface area contributed by atoms with Crippen LogP contribution in [-0.4, -0.2) is 19.1 Å². The Morgan fingerprint density at radius 3 is 2.83 bits per heavy atom. The van der Waals surface area contributed by atoms with Gasteiger partial charge in [-0.1, -0.05) is 13.8 Å². The number of halogens is 1. The molecule has 2 N–H and O–H groups in total. The van der Waals surface area contributed by atoms with Crippen molar-refractivity contribution in [2.45, 2.75) is 26.4 Å². The normalized spacial score (nSPS) is 11.6. The highest BCUT2D eigenvalue weighted by molar-refractivity contribution is 7.19. The van der Waals surface area contributed by atoms with Gasteiger partial charge in [0, 0.05) is 35.3 Å². The summed E-state index contributed by atoms with van der Waals surface area (Å²) in [5, 5.41) is 7.74. The van der Waals surface area contributed by atoms with Crippen molar-refractivity contribution in [3.63, 3.8) is 0 Å². The molecule has 0 atom stereocenters. The van der Waals surface area contributed by atoms with Crippen molar-refractivity contribution in [2.75, 3.05) is 13.1 Å². The summed E-state index contributed by atoms with van der Waals surface area (Å²) in [7, 11) is 0. The molecule has 0 saturated heterocycles. The summed E-state index contributed by atoms with van der Waals surface area (Å²) in [5.74, 6) is -0.166. The molecule has 1 aromatic carbocycles. The van der Waals surface area contributed by atoms with Gasteiger partial charge in [-0.25, -0.2) is 4.39 Å². The molecule has 2 rings (SSSR count). The molecule has 0 unspecified atom stereocenters. The molecule has 98 valence electrons. The number of hydrogen-bond donors (Lipinski definition) is 2. The second kappa shape index (κ2) is 6.27. The van der Waals surface area contributed by atoms with E-state index in [0.717, 1.165) is 29.7 Å². The molecule has 0 aliphatic carbocycles. The van der Waals surface area contributed by atoms with Crippen molar-refractivity contribution >= 4 is 21.4 Å². The van der Waals surface area contributed by atoms with Gasteiger partial charge < -0.3 is 10.6 Å². The Morgan fingerprint density at radius 2 is 2.06 bits per heavy atom. The van der Waals surface area contributed by atoms with Gasteiger partial charge in [0.2, 0.25) is 0 Å². The smallest absolute Gasteiger partial charge is 0.123 e. The molecule has 0 fully saturated rings. The van der Waals surface area contributed by atoms with E-state index in [1.54, 1.807) is 17.4 Å². The third-order valence-corrected chi connectivity index (χ3v) is 3.80. The number of fused-ring (bicyclic) bond motifs is 1. The molecule has 2 aromatic rings. The van der Waals surface area contributed by atoms with Gasteiger partial charge in [-0.15, -0.1) is 11.3 Å². The van der Waals surface area contributed by atoms with E-state index in [1.165, 1.54) is 10.9 Å². The molecule has 4 heteroatoms. The molecule has 1 aromatic heterocycles. The molecule has 0 aliphatic heterocycles. The predicted octanol–water partition coefficient (Wildman–Crippen LogP) is 3.13. The van der Waals surface area contributed by atoms with Crippen LogP contribution in [0.3, 0.4) is 0 Å². The molecule has 2 nitrogen and oxygen atoms in total. The first-order chi connectivity index (χ1) is 8.65. The minimum Gasteiger partial charge on any atom is -0.313 e. The zero-order valence-electron chi connectivity index (χ0n) is 10.8. The van der Waals surface area contributed by atoms with Gasteiger partial charge in [-0.05, 0) is 29.7 Å². The van der Waals surface area contributed by atoms with E-state index in [-0.39, 0.29) is 5.82 Å². The van der Waals surface area contributed by atoms with Crippen LogP contribution in [-0.2, 0) is 6.54 Å². The lowest BCUT2D eigenvalue weighted by Crippen LogP contribution is -2.31. The standard InChI is InChI=1S/C14H19FN2S/c1-10(2)17-6-5-16-9-13-8-11-7-12(15)3-4-14(11)18-13/h3-4,7-8,10,16-17H,5-6,9H2,1-2H3. The monoisotopic (exact) mass is 266 g/mol. The van der Waals surface area contributed by atoms with Crippen LogP contribution in [0.15, 0.2) is 24.3 Å².